The first-order valence-electron chi connectivity index (χ1n) is 8.74. The maximum absolute atomic E-state index is 12.8. The lowest BCUT2D eigenvalue weighted by Crippen LogP contribution is -2.45. The SMILES string of the molecule is CCOc1ccc(N(C(C)C(=O)Nc2cc(C)ccc2C)S(C)(=O)=O)cc1. The molecule has 0 aliphatic rings. The third kappa shape index (κ3) is 5.23. The molecule has 2 aromatic rings. The number of aryl methyl sites for hydroxylation is 2. The zero-order valence-corrected chi connectivity index (χ0v) is 17.1. The normalized spacial score (nSPS) is 12.3. The molecule has 1 amide bonds. The summed E-state index contributed by atoms with van der Waals surface area (Å²) in [7, 11) is -3.67. The molecular formula is C20H26N2O4S. The molecule has 1 unspecified atom stereocenters. The van der Waals surface area contributed by atoms with E-state index in [0.717, 1.165) is 21.7 Å². The lowest BCUT2D eigenvalue weighted by molar-refractivity contribution is -0.116. The smallest absolute Gasteiger partial charge is 0.248 e. The Morgan fingerprint density at radius 3 is 2.33 bits per heavy atom. The molecule has 2 rings (SSSR count). The summed E-state index contributed by atoms with van der Waals surface area (Å²) in [6.45, 7) is 7.78. The van der Waals surface area contributed by atoms with E-state index in [0.29, 0.717) is 23.7 Å². The highest BCUT2D eigenvalue weighted by Crippen LogP contribution is 2.25. The number of ether oxygens (including phenoxy) is 1. The van der Waals surface area contributed by atoms with Crippen LogP contribution in [0.25, 0.3) is 0 Å². The molecule has 0 spiro atoms. The molecule has 0 fully saturated rings. The van der Waals surface area contributed by atoms with E-state index in [2.05, 4.69) is 5.32 Å². The molecule has 0 aliphatic heterocycles. The van der Waals surface area contributed by atoms with Gasteiger partial charge in [0.05, 0.1) is 18.6 Å². The zero-order valence-electron chi connectivity index (χ0n) is 16.3. The number of carbonyl (C=O) groups is 1. The molecule has 2 aromatic carbocycles. The molecular weight excluding hydrogens is 364 g/mol. The second-order valence-electron chi connectivity index (χ2n) is 6.47. The Morgan fingerprint density at radius 1 is 1.15 bits per heavy atom. The summed E-state index contributed by atoms with van der Waals surface area (Å²) >= 11 is 0. The molecule has 6 nitrogen and oxygen atoms in total. The predicted octanol–water partition coefficient (Wildman–Crippen LogP) is 3.50. The molecule has 27 heavy (non-hydrogen) atoms. The average molecular weight is 391 g/mol. The van der Waals surface area contributed by atoms with Gasteiger partial charge in [0.2, 0.25) is 15.9 Å². The average Bonchev–Trinajstić information content (AvgIpc) is 2.59. The van der Waals surface area contributed by atoms with Gasteiger partial charge < -0.3 is 10.1 Å². The fourth-order valence-corrected chi connectivity index (χ4v) is 3.95. The van der Waals surface area contributed by atoms with Crippen LogP contribution in [0.4, 0.5) is 11.4 Å². The quantitative estimate of drug-likeness (QED) is 0.785. The van der Waals surface area contributed by atoms with Crippen LogP contribution in [0.2, 0.25) is 0 Å². The van der Waals surface area contributed by atoms with Gasteiger partial charge in [-0.1, -0.05) is 12.1 Å². The number of benzene rings is 2. The molecule has 1 N–H and O–H groups in total. The highest BCUT2D eigenvalue weighted by atomic mass is 32.2. The number of rotatable bonds is 7. The van der Waals surface area contributed by atoms with Gasteiger partial charge in [-0.05, 0) is 69.2 Å². The Labute approximate surface area is 161 Å². The molecule has 0 saturated carbocycles. The molecule has 0 aliphatic carbocycles. The monoisotopic (exact) mass is 390 g/mol. The van der Waals surface area contributed by atoms with Crippen molar-refractivity contribution in [2.24, 2.45) is 0 Å². The minimum absolute atomic E-state index is 0.400. The second kappa shape index (κ2) is 8.43. The molecule has 0 saturated heterocycles. The van der Waals surface area contributed by atoms with E-state index in [1.54, 1.807) is 31.2 Å². The van der Waals surface area contributed by atoms with Gasteiger partial charge >= 0.3 is 0 Å². The third-order valence-corrected chi connectivity index (χ3v) is 5.38. The van der Waals surface area contributed by atoms with Crippen LogP contribution in [0.1, 0.15) is 25.0 Å². The van der Waals surface area contributed by atoms with Gasteiger partial charge in [-0.25, -0.2) is 8.42 Å². The van der Waals surface area contributed by atoms with Crippen LogP contribution in [0, 0.1) is 13.8 Å². The minimum atomic E-state index is -3.67. The van der Waals surface area contributed by atoms with Gasteiger partial charge in [0.25, 0.3) is 0 Å². The number of hydrogen-bond acceptors (Lipinski definition) is 4. The minimum Gasteiger partial charge on any atom is -0.494 e. The number of nitrogens with one attached hydrogen (secondary N) is 1. The van der Waals surface area contributed by atoms with Gasteiger partial charge in [0, 0.05) is 5.69 Å². The summed E-state index contributed by atoms with van der Waals surface area (Å²) in [5, 5.41) is 2.84. The number of anilines is 2. The van der Waals surface area contributed by atoms with Crippen LogP contribution >= 0.6 is 0 Å². The second-order valence-corrected chi connectivity index (χ2v) is 8.33. The Kier molecular flexibility index (Phi) is 6.49. The predicted molar refractivity (Wildman–Crippen MR) is 109 cm³/mol. The van der Waals surface area contributed by atoms with E-state index in [9.17, 15) is 13.2 Å². The van der Waals surface area contributed by atoms with Gasteiger partial charge in [0.15, 0.2) is 0 Å². The van der Waals surface area contributed by atoms with Crippen molar-refractivity contribution in [2.75, 3.05) is 22.5 Å². The molecule has 0 aromatic heterocycles. The van der Waals surface area contributed by atoms with Crippen molar-refractivity contribution in [3.63, 3.8) is 0 Å². The first kappa shape index (κ1) is 20.8. The van der Waals surface area contributed by atoms with E-state index in [4.69, 9.17) is 4.74 Å². The highest BCUT2D eigenvalue weighted by Gasteiger charge is 2.29. The fraction of sp³-hybridized carbons (Fsp3) is 0.350. The lowest BCUT2D eigenvalue weighted by atomic mass is 10.1. The van der Waals surface area contributed by atoms with Crippen LogP contribution in [-0.4, -0.2) is 33.2 Å². The summed E-state index contributed by atoms with van der Waals surface area (Å²) in [6, 6.07) is 11.5. The first-order chi connectivity index (χ1) is 12.6. The summed E-state index contributed by atoms with van der Waals surface area (Å²) < 4.78 is 31.3. The van der Waals surface area contributed by atoms with Crippen molar-refractivity contribution in [2.45, 2.75) is 33.7 Å². The highest BCUT2D eigenvalue weighted by molar-refractivity contribution is 7.92. The van der Waals surface area contributed by atoms with Crippen molar-refractivity contribution >= 4 is 27.3 Å². The summed E-state index contributed by atoms with van der Waals surface area (Å²) in [5.41, 5.74) is 3.00. The number of hydrogen-bond donors (Lipinski definition) is 1. The molecule has 0 heterocycles. The standard InChI is InChI=1S/C20H26N2O4S/c1-6-26-18-11-9-17(10-12-18)22(27(5,24)25)16(4)20(23)21-19-13-14(2)7-8-15(19)3/h7-13,16H,6H2,1-5H3,(H,21,23). The lowest BCUT2D eigenvalue weighted by Gasteiger charge is -2.28. The number of sulfonamides is 1. The maximum Gasteiger partial charge on any atom is 0.248 e. The Morgan fingerprint density at radius 2 is 1.78 bits per heavy atom. The largest absolute Gasteiger partial charge is 0.494 e. The van der Waals surface area contributed by atoms with Crippen LogP contribution in [0.3, 0.4) is 0 Å². The van der Waals surface area contributed by atoms with Crippen molar-refractivity contribution in [3.05, 3.63) is 53.6 Å². The number of carbonyl (C=O) groups excluding carboxylic acids is 1. The van der Waals surface area contributed by atoms with Crippen LogP contribution in [-0.2, 0) is 14.8 Å². The van der Waals surface area contributed by atoms with E-state index in [1.807, 2.05) is 39.0 Å². The zero-order chi connectivity index (χ0) is 20.2. The van der Waals surface area contributed by atoms with E-state index in [1.165, 1.54) is 0 Å². The molecule has 0 radical (unpaired) electrons. The summed E-state index contributed by atoms with van der Waals surface area (Å²) in [6.07, 6.45) is 1.09. The Hall–Kier alpha value is -2.54. The molecule has 146 valence electrons. The van der Waals surface area contributed by atoms with Gasteiger partial charge in [-0.2, -0.15) is 0 Å². The molecule has 1 atom stereocenters. The van der Waals surface area contributed by atoms with E-state index in [-0.39, 0.29) is 0 Å². The van der Waals surface area contributed by atoms with Gasteiger partial charge in [0.1, 0.15) is 11.8 Å². The Bertz CT molecular complexity index is 908. The topological polar surface area (TPSA) is 75.7 Å². The number of nitrogens with zero attached hydrogens (tertiary/aromatic N) is 1. The van der Waals surface area contributed by atoms with Crippen LogP contribution < -0.4 is 14.4 Å². The van der Waals surface area contributed by atoms with Crippen LogP contribution in [0.15, 0.2) is 42.5 Å². The first-order valence-corrected chi connectivity index (χ1v) is 10.6. The summed E-state index contributed by atoms with van der Waals surface area (Å²) in [4.78, 5) is 12.8. The number of amides is 1. The van der Waals surface area contributed by atoms with Crippen molar-refractivity contribution in [1.82, 2.24) is 0 Å². The van der Waals surface area contributed by atoms with Crippen molar-refractivity contribution < 1.29 is 17.9 Å². The van der Waals surface area contributed by atoms with Crippen molar-refractivity contribution in [1.29, 1.82) is 0 Å². The van der Waals surface area contributed by atoms with Crippen molar-refractivity contribution in [3.8, 4) is 5.75 Å². The molecule has 7 heteroatoms. The Balaban J connectivity index is 2.30. The van der Waals surface area contributed by atoms with Crippen LogP contribution in [0.5, 0.6) is 5.75 Å². The van der Waals surface area contributed by atoms with E-state index < -0.39 is 22.0 Å². The third-order valence-electron chi connectivity index (χ3n) is 4.14. The maximum atomic E-state index is 12.8. The van der Waals surface area contributed by atoms with Gasteiger partial charge in [-0.3, -0.25) is 9.10 Å². The molecule has 0 bridgehead atoms. The fourth-order valence-electron chi connectivity index (χ4n) is 2.77. The summed E-state index contributed by atoms with van der Waals surface area (Å²) in [5.74, 6) is 0.241. The van der Waals surface area contributed by atoms with Gasteiger partial charge in [-0.15, -0.1) is 0 Å². The van der Waals surface area contributed by atoms with E-state index >= 15 is 0 Å².